The molecule has 0 saturated carbocycles. The Bertz CT molecular complexity index is 923. The van der Waals surface area contributed by atoms with Crippen molar-refractivity contribution in [2.75, 3.05) is 51.4 Å². The second kappa shape index (κ2) is 10.5. The number of carbonyl (C=O) groups excluding carboxylic acids is 1. The lowest BCUT2D eigenvalue weighted by molar-refractivity contribution is 0.0730. The van der Waals surface area contributed by atoms with E-state index in [0.29, 0.717) is 63.1 Å². The van der Waals surface area contributed by atoms with Gasteiger partial charge < -0.3 is 19.5 Å². The molecule has 0 aliphatic carbocycles. The van der Waals surface area contributed by atoms with Gasteiger partial charge in [0.15, 0.2) is 0 Å². The maximum absolute atomic E-state index is 12.6. The number of morpholine rings is 1. The Kier molecular flexibility index (Phi) is 7.81. The topological polar surface area (TPSA) is 94.2 Å². The van der Waals surface area contributed by atoms with Crippen molar-refractivity contribution in [3.63, 3.8) is 0 Å². The van der Waals surface area contributed by atoms with Crippen LogP contribution in [0.5, 0.6) is 5.75 Å². The highest BCUT2D eigenvalue weighted by Gasteiger charge is 2.26. The molecule has 1 heterocycles. The van der Waals surface area contributed by atoms with Crippen molar-refractivity contribution in [1.82, 2.24) is 4.31 Å². The molecule has 0 atom stereocenters. The highest BCUT2D eigenvalue weighted by Crippen LogP contribution is 2.20. The fraction of sp³-hybridized carbons (Fsp3) is 0.381. The lowest BCUT2D eigenvalue weighted by Gasteiger charge is -2.26. The van der Waals surface area contributed by atoms with Gasteiger partial charge in [-0.15, -0.1) is 0 Å². The van der Waals surface area contributed by atoms with Gasteiger partial charge in [0, 0.05) is 30.9 Å². The fourth-order valence-corrected chi connectivity index (χ4v) is 4.32. The number of nitrogens with zero attached hydrogens (tertiary/aromatic N) is 1. The number of ether oxygens (including phenoxy) is 3. The Morgan fingerprint density at radius 2 is 1.70 bits per heavy atom. The molecule has 9 heteroatoms. The zero-order valence-corrected chi connectivity index (χ0v) is 17.7. The van der Waals surface area contributed by atoms with Crippen LogP contribution in [0.25, 0.3) is 0 Å². The normalized spacial score (nSPS) is 15.0. The molecule has 0 bridgehead atoms. The summed E-state index contributed by atoms with van der Waals surface area (Å²) in [6, 6.07) is 12.9. The van der Waals surface area contributed by atoms with Crippen LogP contribution in [0.3, 0.4) is 0 Å². The summed E-state index contributed by atoms with van der Waals surface area (Å²) in [7, 11) is -3.56. The van der Waals surface area contributed by atoms with E-state index in [0.717, 1.165) is 0 Å². The lowest BCUT2D eigenvalue weighted by Crippen LogP contribution is -2.40. The molecule has 2 aromatic rings. The lowest BCUT2D eigenvalue weighted by atomic mass is 10.2. The van der Waals surface area contributed by atoms with Crippen molar-refractivity contribution in [2.24, 2.45) is 0 Å². The highest BCUT2D eigenvalue weighted by molar-refractivity contribution is 7.89. The largest absolute Gasteiger partial charge is 0.491 e. The van der Waals surface area contributed by atoms with E-state index in [-0.39, 0.29) is 10.8 Å². The van der Waals surface area contributed by atoms with E-state index in [9.17, 15) is 13.2 Å². The minimum Gasteiger partial charge on any atom is -0.491 e. The average Bonchev–Trinajstić information content (AvgIpc) is 2.78. The molecule has 3 rings (SSSR count). The quantitative estimate of drug-likeness (QED) is 0.609. The second-order valence-corrected chi connectivity index (χ2v) is 8.50. The Morgan fingerprint density at radius 1 is 1.03 bits per heavy atom. The molecule has 162 valence electrons. The van der Waals surface area contributed by atoms with Crippen LogP contribution in [0.15, 0.2) is 53.4 Å². The molecular weight excluding hydrogens is 408 g/mol. The molecular formula is C21H26N2O6S. The van der Waals surface area contributed by atoms with E-state index in [1.54, 1.807) is 36.4 Å². The molecule has 1 amide bonds. The predicted molar refractivity (Wildman–Crippen MR) is 112 cm³/mol. The van der Waals surface area contributed by atoms with Gasteiger partial charge in [-0.3, -0.25) is 4.79 Å². The van der Waals surface area contributed by atoms with E-state index >= 15 is 0 Å². The number of sulfonamides is 1. The van der Waals surface area contributed by atoms with Crippen LogP contribution in [-0.4, -0.2) is 64.8 Å². The summed E-state index contributed by atoms with van der Waals surface area (Å²) in [5, 5.41) is 2.77. The minimum absolute atomic E-state index is 0.191. The van der Waals surface area contributed by atoms with E-state index in [4.69, 9.17) is 14.2 Å². The van der Waals surface area contributed by atoms with Crippen molar-refractivity contribution in [3.8, 4) is 5.75 Å². The molecule has 1 aliphatic rings. The maximum Gasteiger partial charge on any atom is 0.255 e. The average molecular weight is 435 g/mol. The maximum atomic E-state index is 12.6. The van der Waals surface area contributed by atoms with Crippen LogP contribution in [0.1, 0.15) is 17.3 Å². The number of carbonyl (C=O) groups is 1. The van der Waals surface area contributed by atoms with Gasteiger partial charge in [0.25, 0.3) is 5.91 Å². The Labute approximate surface area is 176 Å². The molecule has 0 spiro atoms. The molecule has 2 aromatic carbocycles. The molecule has 1 aliphatic heterocycles. The molecule has 1 fully saturated rings. The molecule has 0 radical (unpaired) electrons. The first-order valence-electron chi connectivity index (χ1n) is 9.80. The van der Waals surface area contributed by atoms with E-state index in [1.807, 2.05) is 6.92 Å². The van der Waals surface area contributed by atoms with Gasteiger partial charge in [-0.2, -0.15) is 4.31 Å². The zero-order valence-electron chi connectivity index (χ0n) is 16.9. The predicted octanol–water partition coefficient (Wildman–Crippen LogP) is 2.38. The van der Waals surface area contributed by atoms with Crippen molar-refractivity contribution in [3.05, 3.63) is 54.1 Å². The van der Waals surface area contributed by atoms with Gasteiger partial charge in [-0.1, -0.05) is 0 Å². The molecule has 30 heavy (non-hydrogen) atoms. The number of rotatable bonds is 9. The van der Waals surface area contributed by atoms with Crippen molar-refractivity contribution < 1.29 is 27.4 Å². The van der Waals surface area contributed by atoms with Gasteiger partial charge >= 0.3 is 0 Å². The van der Waals surface area contributed by atoms with Crippen LogP contribution in [0, 0.1) is 0 Å². The summed E-state index contributed by atoms with van der Waals surface area (Å²) < 4.78 is 42.7. The number of amides is 1. The Balaban J connectivity index is 1.57. The van der Waals surface area contributed by atoms with Crippen LogP contribution in [0.2, 0.25) is 0 Å². The molecule has 0 unspecified atom stereocenters. The smallest absolute Gasteiger partial charge is 0.255 e. The van der Waals surface area contributed by atoms with Crippen molar-refractivity contribution in [2.45, 2.75) is 11.8 Å². The van der Waals surface area contributed by atoms with Gasteiger partial charge in [0.2, 0.25) is 10.0 Å². The van der Waals surface area contributed by atoms with Gasteiger partial charge in [0.05, 0.1) is 24.7 Å². The van der Waals surface area contributed by atoms with Crippen LogP contribution >= 0.6 is 0 Å². The van der Waals surface area contributed by atoms with E-state index in [2.05, 4.69) is 5.32 Å². The Morgan fingerprint density at radius 3 is 2.33 bits per heavy atom. The Hall–Kier alpha value is -2.46. The first kappa shape index (κ1) is 22.2. The summed E-state index contributed by atoms with van der Waals surface area (Å²) in [6.07, 6.45) is 0. The number of anilines is 1. The third kappa shape index (κ3) is 5.79. The summed E-state index contributed by atoms with van der Waals surface area (Å²) in [6.45, 7) is 4.98. The SMILES string of the molecule is CCOCCOc1ccc(C(=O)Nc2ccc(S(=O)(=O)N3CCOCC3)cc2)cc1. The van der Waals surface area contributed by atoms with Gasteiger partial charge in [0.1, 0.15) is 12.4 Å². The van der Waals surface area contributed by atoms with Gasteiger partial charge in [-0.05, 0) is 55.5 Å². The van der Waals surface area contributed by atoms with Crippen LogP contribution in [-0.2, 0) is 19.5 Å². The molecule has 8 nitrogen and oxygen atoms in total. The summed E-state index contributed by atoms with van der Waals surface area (Å²) in [5.41, 5.74) is 0.982. The first-order valence-corrected chi connectivity index (χ1v) is 11.2. The fourth-order valence-electron chi connectivity index (χ4n) is 2.91. The number of benzene rings is 2. The summed E-state index contributed by atoms with van der Waals surface area (Å²) in [4.78, 5) is 12.6. The summed E-state index contributed by atoms with van der Waals surface area (Å²) >= 11 is 0. The minimum atomic E-state index is -3.56. The van der Waals surface area contributed by atoms with E-state index < -0.39 is 10.0 Å². The van der Waals surface area contributed by atoms with Gasteiger partial charge in [-0.25, -0.2) is 8.42 Å². The molecule has 0 aromatic heterocycles. The molecule has 1 saturated heterocycles. The number of hydrogen-bond acceptors (Lipinski definition) is 6. The number of nitrogens with one attached hydrogen (secondary N) is 1. The summed E-state index contributed by atoms with van der Waals surface area (Å²) in [5.74, 6) is 0.364. The third-order valence-corrected chi connectivity index (χ3v) is 6.45. The van der Waals surface area contributed by atoms with Crippen LogP contribution < -0.4 is 10.1 Å². The standard InChI is InChI=1S/C21H26N2O6S/c1-2-27-15-16-29-19-7-3-17(4-8-19)21(24)22-18-5-9-20(10-6-18)30(25,26)23-11-13-28-14-12-23/h3-10H,2,11-16H2,1H3,(H,22,24). The van der Waals surface area contributed by atoms with E-state index in [1.165, 1.54) is 16.4 Å². The first-order chi connectivity index (χ1) is 14.5. The number of hydrogen-bond donors (Lipinski definition) is 1. The highest BCUT2D eigenvalue weighted by atomic mass is 32.2. The monoisotopic (exact) mass is 434 g/mol. The molecule has 1 N–H and O–H groups in total. The third-order valence-electron chi connectivity index (χ3n) is 4.54. The van der Waals surface area contributed by atoms with Crippen molar-refractivity contribution >= 4 is 21.6 Å². The van der Waals surface area contributed by atoms with Crippen molar-refractivity contribution in [1.29, 1.82) is 0 Å². The zero-order chi connectivity index (χ0) is 21.4. The second-order valence-electron chi connectivity index (χ2n) is 6.56. The van der Waals surface area contributed by atoms with Crippen LogP contribution in [0.4, 0.5) is 5.69 Å².